The number of aromatic nitrogens is 2. The Morgan fingerprint density at radius 2 is 2.13 bits per heavy atom. The van der Waals surface area contributed by atoms with E-state index in [0.717, 1.165) is 17.3 Å². The number of amides is 1. The van der Waals surface area contributed by atoms with Crippen LogP contribution < -0.4 is 5.32 Å². The van der Waals surface area contributed by atoms with Crippen LogP contribution in [0.25, 0.3) is 0 Å². The zero-order valence-electron chi connectivity index (χ0n) is 17.4. The van der Waals surface area contributed by atoms with Crippen LogP contribution in [-0.2, 0) is 14.3 Å². The molecule has 0 aromatic carbocycles. The van der Waals surface area contributed by atoms with Crippen molar-refractivity contribution in [3.05, 3.63) is 11.8 Å². The number of carbonyl (C=O) groups is 2. The van der Waals surface area contributed by atoms with Gasteiger partial charge in [0.1, 0.15) is 17.5 Å². The Labute approximate surface area is 178 Å². The average molecular weight is 444 g/mol. The molecule has 0 spiro atoms. The third kappa shape index (κ3) is 4.37. The molecule has 0 saturated carbocycles. The molecule has 4 atom stereocenters. The fourth-order valence-corrected chi connectivity index (χ4v) is 4.77. The van der Waals surface area contributed by atoms with Crippen molar-refractivity contribution < 1.29 is 32.2 Å². The topological polar surface area (TPSA) is 85.7 Å². The Hall–Kier alpha value is -2.30. The van der Waals surface area contributed by atoms with Crippen LogP contribution in [0.3, 0.4) is 0 Å². The number of esters is 1. The second-order valence-corrected chi connectivity index (χ2v) is 8.30. The summed E-state index contributed by atoms with van der Waals surface area (Å²) < 4.78 is 52.8. The van der Waals surface area contributed by atoms with E-state index in [1.54, 1.807) is 11.8 Å². The van der Waals surface area contributed by atoms with Crippen LogP contribution >= 0.6 is 0 Å². The van der Waals surface area contributed by atoms with Gasteiger partial charge in [0.25, 0.3) is 5.91 Å². The lowest BCUT2D eigenvalue weighted by atomic mass is 9.85. The van der Waals surface area contributed by atoms with Gasteiger partial charge in [-0.2, -0.15) is 18.3 Å². The summed E-state index contributed by atoms with van der Waals surface area (Å²) in [4.78, 5) is 26.7. The largest absolute Gasteiger partial charge is 0.462 e. The maximum absolute atomic E-state index is 13.8. The summed E-state index contributed by atoms with van der Waals surface area (Å²) in [7, 11) is 0. The van der Waals surface area contributed by atoms with Crippen molar-refractivity contribution in [2.24, 2.45) is 5.92 Å². The Balaban J connectivity index is 1.56. The van der Waals surface area contributed by atoms with Crippen LogP contribution in [0.15, 0.2) is 6.20 Å². The van der Waals surface area contributed by atoms with Gasteiger partial charge in [-0.25, -0.2) is 9.48 Å². The number of anilines is 1. The minimum Gasteiger partial charge on any atom is -0.462 e. The zero-order valence-corrected chi connectivity index (χ0v) is 17.4. The molecule has 1 N–H and O–H groups in total. The number of ether oxygens (including phenoxy) is 2. The molecule has 11 heteroatoms. The third-order valence-corrected chi connectivity index (χ3v) is 6.31. The van der Waals surface area contributed by atoms with Gasteiger partial charge in [0.2, 0.25) is 0 Å². The lowest BCUT2D eigenvalue weighted by Gasteiger charge is -2.42. The van der Waals surface area contributed by atoms with Gasteiger partial charge in [0.15, 0.2) is 6.04 Å². The van der Waals surface area contributed by atoms with Crippen molar-refractivity contribution in [1.29, 1.82) is 0 Å². The van der Waals surface area contributed by atoms with Gasteiger partial charge in [0, 0.05) is 25.7 Å². The average Bonchev–Trinajstić information content (AvgIpc) is 3.42. The molecule has 0 radical (unpaired) electrons. The normalized spacial score (nSPS) is 28.7. The third-order valence-electron chi connectivity index (χ3n) is 6.31. The number of fused-ring (bicyclic) bond motifs is 1. The Bertz CT molecular complexity index is 822. The number of halogens is 3. The van der Waals surface area contributed by atoms with Crippen LogP contribution in [0.5, 0.6) is 0 Å². The van der Waals surface area contributed by atoms with Gasteiger partial charge in [-0.15, -0.1) is 0 Å². The van der Waals surface area contributed by atoms with E-state index in [1.807, 2.05) is 0 Å². The summed E-state index contributed by atoms with van der Waals surface area (Å²) in [6, 6.07) is -2.40. The number of nitrogens with one attached hydrogen (secondary N) is 1. The van der Waals surface area contributed by atoms with Gasteiger partial charge in [-0.05, 0) is 44.9 Å². The lowest BCUT2D eigenvalue weighted by Crippen LogP contribution is -2.51. The van der Waals surface area contributed by atoms with Crippen LogP contribution in [0.4, 0.5) is 19.0 Å². The van der Waals surface area contributed by atoms with E-state index in [9.17, 15) is 22.8 Å². The summed E-state index contributed by atoms with van der Waals surface area (Å²) in [6.45, 7) is 3.25. The van der Waals surface area contributed by atoms with Crippen molar-refractivity contribution in [3.8, 4) is 0 Å². The van der Waals surface area contributed by atoms with E-state index < -0.39 is 30.3 Å². The monoisotopic (exact) mass is 444 g/mol. The Kier molecular flexibility index (Phi) is 6.14. The van der Waals surface area contributed by atoms with E-state index in [4.69, 9.17) is 9.47 Å². The summed E-state index contributed by atoms with van der Waals surface area (Å²) in [5, 5.41) is 6.95. The minimum atomic E-state index is -4.52. The molecular weight excluding hydrogens is 417 g/mol. The van der Waals surface area contributed by atoms with E-state index in [0.29, 0.717) is 39.0 Å². The highest BCUT2D eigenvalue weighted by Crippen LogP contribution is 2.42. The first-order valence-electron chi connectivity index (χ1n) is 10.8. The molecule has 1 amide bonds. The second-order valence-electron chi connectivity index (χ2n) is 8.30. The maximum Gasteiger partial charge on any atom is 0.410 e. The lowest BCUT2D eigenvalue weighted by molar-refractivity contribution is -0.175. The number of rotatable bonds is 4. The van der Waals surface area contributed by atoms with Crippen LogP contribution in [0.2, 0.25) is 0 Å². The molecule has 3 aliphatic heterocycles. The van der Waals surface area contributed by atoms with Crippen LogP contribution in [0, 0.1) is 5.92 Å². The summed E-state index contributed by atoms with van der Waals surface area (Å²) >= 11 is 0. The molecule has 2 saturated heterocycles. The number of carbonyl (C=O) groups excluding carboxylic acids is 2. The molecule has 2 fully saturated rings. The molecule has 4 rings (SSSR count). The molecule has 4 heterocycles. The Morgan fingerprint density at radius 3 is 2.81 bits per heavy atom. The molecule has 31 heavy (non-hydrogen) atoms. The van der Waals surface area contributed by atoms with Crippen molar-refractivity contribution in [1.82, 2.24) is 14.7 Å². The molecule has 0 bridgehead atoms. The first-order valence-corrected chi connectivity index (χ1v) is 10.8. The number of nitrogens with zero attached hydrogens (tertiary/aromatic N) is 3. The van der Waals surface area contributed by atoms with E-state index >= 15 is 0 Å². The van der Waals surface area contributed by atoms with Crippen molar-refractivity contribution in [2.75, 3.05) is 31.6 Å². The SMILES string of the molecule is CCOC(=O)c1cnn2c1N[C@H](C1CCCN(C(=O)C3CCCO3)C1)C[C@@H]2C(F)(F)F. The minimum absolute atomic E-state index is 0.0103. The summed E-state index contributed by atoms with van der Waals surface area (Å²) in [5.41, 5.74) is -0.0103. The molecule has 1 aromatic heterocycles. The standard InChI is InChI=1S/C20H27F3N4O4/c1-2-30-19(29)13-10-24-27-16(20(21,22)23)9-14(25-17(13)27)12-5-3-7-26(11-12)18(28)15-6-4-8-31-15/h10,12,14-16,25H,2-9,11H2,1H3/t12?,14-,15?,16+/m0/s1. The van der Waals surface area contributed by atoms with Crippen LogP contribution in [0.1, 0.15) is 55.4 Å². The smallest absolute Gasteiger partial charge is 0.410 e. The molecule has 172 valence electrons. The number of hydrogen-bond donors (Lipinski definition) is 1. The van der Waals surface area contributed by atoms with Gasteiger partial charge in [-0.1, -0.05) is 0 Å². The van der Waals surface area contributed by atoms with E-state index in [2.05, 4.69) is 10.4 Å². The number of hydrogen-bond acceptors (Lipinski definition) is 6. The van der Waals surface area contributed by atoms with Gasteiger partial charge in [0.05, 0.1) is 12.8 Å². The first-order chi connectivity index (χ1) is 14.8. The number of alkyl halides is 3. The highest BCUT2D eigenvalue weighted by atomic mass is 19.4. The molecule has 1 aromatic rings. The highest BCUT2D eigenvalue weighted by molar-refractivity contribution is 5.94. The van der Waals surface area contributed by atoms with Gasteiger partial charge < -0.3 is 19.7 Å². The quantitative estimate of drug-likeness (QED) is 0.719. The van der Waals surface area contributed by atoms with E-state index in [-0.39, 0.29) is 36.2 Å². The predicted molar refractivity (Wildman–Crippen MR) is 104 cm³/mol. The zero-order chi connectivity index (χ0) is 22.2. The fourth-order valence-electron chi connectivity index (χ4n) is 4.77. The summed E-state index contributed by atoms with van der Waals surface area (Å²) in [6.07, 6.45) is -1.14. The van der Waals surface area contributed by atoms with E-state index in [1.165, 1.54) is 0 Å². The number of likely N-dealkylation sites (tertiary alicyclic amines) is 1. The van der Waals surface area contributed by atoms with Crippen molar-refractivity contribution in [2.45, 2.75) is 63.4 Å². The van der Waals surface area contributed by atoms with Crippen LogP contribution in [-0.4, -0.2) is 71.2 Å². The molecule has 8 nitrogen and oxygen atoms in total. The Morgan fingerprint density at radius 1 is 1.32 bits per heavy atom. The predicted octanol–water partition coefficient (Wildman–Crippen LogP) is 2.77. The maximum atomic E-state index is 13.8. The molecular formula is C20H27F3N4O4. The van der Waals surface area contributed by atoms with Crippen molar-refractivity contribution in [3.63, 3.8) is 0 Å². The summed E-state index contributed by atoms with van der Waals surface area (Å²) in [5.74, 6) is -0.943. The van der Waals surface area contributed by atoms with Gasteiger partial charge in [-0.3, -0.25) is 4.79 Å². The first kappa shape index (κ1) is 21.9. The fraction of sp³-hybridized carbons (Fsp3) is 0.750. The van der Waals surface area contributed by atoms with Crippen molar-refractivity contribution >= 4 is 17.7 Å². The highest BCUT2D eigenvalue weighted by Gasteiger charge is 2.49. The second kappa shape index (κ2) is 8.68. The number of piperidine rings is 1. The molecule has 2 unspecified atom stereocenters. The molecule has 3 aliphatic rings. The molecule has 0 aliphatic carbocycles. The van der Waals surface area contributed by atoms with Gasteiger partial charge >= 0.3 is 12.1 Å².